The predicted octanol–water partition coefficient (Wildman–Crippen LogP) is 5.86. The monoisotopic (exact) mass is 450 g/mol. The van der Waals surface area contributed by atoms with E-state index >= 15 is 0 Å². The fourth-order valence-corrected chi connectivity index (χ4v) is 3.53. The van der Waals surface area contributed by atoms with Gasteiger partial charge in [-0.25, -0.2) is 0 Å². The summed E-state index contributed by atoms with van der Waals surface area (Å²) in [5.41, 5.74) is 4.36. The maximum absolute atomic E-state index is 12.5. The van der Waals surface area contributed by atoms with E-state index < -0.39 is 0 Å². The summed E-state index contributed by atoms with van der Waals surface area (Å²) in [7, 11) is 0. The van der Waals surface area contributed by atoms with Crippen molar-refractivity contribution in [2.75, 3.05) is 11.9 Å². The summed E-state index contributed by atoms with van der Waals surface area (Å²) in [5, 5.41) is 5.77. The molecule has 1 atom stereocenters. The Morgan fingerprint density at radius 3 is 1.97 bits per heavy atom. The summed E-state index contributed by atoms with van der Waals surface area (Å²) >= 11 is 0. The summed E-state index contributed by atoms with van der Waals surface area (Å²) in [5.74, 6) is 0.174. The largest absolute Gasteiger partial charge is 0.484 e. The van der Waals surface area contributed by atoms with Crippen LogP contribution in [0.3, 0.4) is 0 Å². The van der Waals surface area contributed by atoms with Gasteiger partial charge >= 0.3 is 0 Å². The van der Waals surface area contributed by atoms with Crippen molar-refractivity contribution in [2.24, 2.45) is 0 Å². The first-order valence-corrected chi connectivity index (χ1v) is 11.1. The van der Waals surface area contributed by atoms with E-state index in [1.807, 2.05) is 91.9 Å². The molecule has 4 rings (SSSR count). The molecule has 34 heavy (non-hydrogen) atoms. The number of rotatable bonds is 8. The van der Waals surface area contributed by atoms with Crippen LogP contribution in [0.15, 0.2) is 109 Å². The summed E-state index contributed by atoms with van der Waals surface area (Å²) in [6, 6.07) is 34.1. The molecule has 0 saturated carbocycles. The number of anilines is 1. The van der Waals surface area contributed by atoms with E-state index in [0.29, 0.717) is 17.0 Å². The first-order valence-electron chi connectivity index (χ1n) is 11.1. The molecule has 0 saturated heterocycles. The number of carbonyl (C=O) groups is 2. The number of benzene rings is 4. The standard InChI is InChI=1S/C29H26N2O3/c1-21(22-8-4-2-5-9-22)30-29(33)25-12-16-26(17-13-25)31-28(32)20-34-27-18-14-24(15-19-27)23-10-6-3-7-11-23/h2-19,21H,20H2,1H3,(H,30,33)(H,31,32). The number of carbonyl (C=O) groups excluding carboxylic acids is 2. The van der Waals surface area contributed by atoms with Crippen molar-refractivity contribution in [1.82, 2.24) is 5.32 Å². The number of hydrogen-bond donors (Lipinski definition) is 2. The topological polar surface area (TPSA) is 67.4 Å². The van der Waals surface area contributed by atoms with Crippen LogP contribution < -0.4 is 15.4 Å². The molecule has 0 aliphatic heterocycles. The van der Waals surface area contributed by atoms with Gasteiger partial charge in [-0.3, -0.25) is 9.59 Å². The molecule has 0 aliphatic rings. The van der Waals surface area contributed by atoms with Crippen LogP contribution in [0.2, 0.25) is 0 Å². The Labute approximate surface area is 199 Å². The molecule has 5 nitrogen and oxygen atoms in total. The first kappa shape index (κ1) is 22.8. The molecule has 0 aliphatic carbocycles. The molecule has 5 heteroatoms. The lowest BCUT2D eigenvalue weighted by molar-refractivity contribution is -0.118. The van der Waals surface area contributed by atoms with E-state index in [1.54, 1.807) is 24.3 Å². The predicted molar refractivity (Wildman–Crippen MR) is 135 cm³/mol. The average molecular weight is 451 g/mol. The molecule has 170 valence electrons. The Morgan fingerprint density at radius 1 is 0.735 bits per heavy atom. The summed E-state index contributed by atoms with van der Waals surface area (Å²) in [4.78, 5) is 24.8. The van der Waals surface area contributed by atoms with Gasteiger partial charge in [0, 0.05) is 11.3 Å². The van der Waals surface area contributed by atoms with E-state index in [4.69, 9.17) is 4.74 Å². The lowest BCUT2D eigenvalue weighted by Gasteiger charge is -2.14. The Balaban J connectivity index is 1.26. The lowest BCUT2D eigenvalue weighted by atomic mass is 10.1. The molecule has 0 bridgehead atoms. The van der Waals surface area contributed by atoms with Gasteiger partial charge in [0.15, 0.2) is 6.61 Å². The smallest absolute Gasteiger partial charge is 0.262 e. The second kappa shape index (κ2) is 11.0. The van der Waals surface area contributed by atoms with Crippen molar-refractivity contribution in [2.45, 2.75) is 13.0 Å². The van der Waals surface area contributed by atoms with Gasteiger partial charge in [0.05, 0.1) is 6.04 Å². The lowest BCUT2D eigenvalue weighted by Crippen LogP contribution is -2.26. The normalized spacial score (nSPS) is 11.3. The summed E-state index contributed by atoms with van der Waals surface area (Å²) < 4.78 is 5.60. The molecule has 2 amide bonds. The molecule has 4 aromatic carbocycles. The Kier molecular flexibility index (Phi) is 7.35. The highest BCUT2D eigenvalue weighted by Crippen LogP contribution is 2.22. The fraction of sp³-hybridized carbons (Fsp3) is 0.103. The molecule has 4 aromatic rings. The molecule has 0 radical (unpaired) electrons. The average Bonchev–Trinajstić information content (AvgIpc) is 2.89. The quantitative estimate of drug-likeness (QED) is 0.353. The second-order valence-corrected chi connectivity index (χ2v) is 7.91. The van der Waals surface area contributed by atoms with E-state index in [-0.39, 0.29) is 24.5 Å². The Bertz CT molecular complexity index is 1220. The van der Waals surface area contributed by atoms with Gasteiger partial charge in [-0.1, -0.05) is 72.8 Å². The van der Waals surface area contributed by atoms with Gasteiger partial charge in [0.25, 0.3) is 11.8 Å². The molecule has 2 N–H and O–H groups in total. The van der Waals surface area contributed by atoms with Gasteiger partial charge in [-0.15, -0.1) is 0 Å². The molecule has 0 fully saturated rings. The van der Waals surface area contributed by atoms with Crippen molar-refractivity contribution < 1.29 is 14.3 Å². The van der Waals surface area contributed by atoms with Crippen molar-refractivity contribution in [3.63, 3.8) is 0 Å². The minimum absolute atomic E-state index is 0.105. The summed E-state index contributed by atoms with van der Waals surface area (Å²) in [6.07, 6.45) is 0. The Morgan fingerprint density at radius 2 is 1.32 bits per heavy atom. The minimum Gasteiger partial charge on any atom is -0.484 e. The van der Waals surface area contributed by atoms with Gasteiger partial charge < -0.3 is 15.4 Å². The minimum atomic E-state index is -0.276. The second-order valence-electron chi connectivity index (χ2n) is 7.91. The number of ether oxygens (including phenoxy) is 1. The van der Waals surface area contributed by atoms with Crippen molar-refractivity contribution in [3.05, 3.63) is 120 Å². The molecular formula is C29H26N2O3. The molecule has 0 aromatic heterocycles. The van der Waals surface area contributed by atoms with E-state index in [2.05, 4.69) is 10.6 Å². The third kappa shape index (κ3) is 6.11. The molecule has 0 heterocycles. The van der Waals surface area contributed by atoms with E-state index in [1.165, 1.54) is 0 Å². The highest BCUT2D eigenvalue weighted by atomic mass is 16.5. The fourth-order valence-electron chi connectivity index (χ4n) is 3.53. The number of hydrogen-bond acceptors (Lipinski definition) is 3. The van der Waals surface area contributed by atoms with Crippen LogP contribution in [0, 0.1) is 0 Å². The zero-order valence-corrected chi connectivity index (χ0v) is 18.9. The zero-order valence-electron chi connectivity index (χ0n) is 18.9. The van der Waals surface area contributed by atoms with Crippen LogP contribution in [0.5, 0.6) is 5.75 Å². The van der Waals surface area contributed by atoms with Crippen LogP contribution in [-0.4, -0.2) is 18.4 Å². The van der Waals surface area contributed by atoms with Gasteiger partial charge in [-0.2, -0.15) is 0 Å². The van der Waals surface area contributed by atoms with Crippen LogP contribution in [0.1, 0.15) is 28.9 Å². The maximum atomic E-state index is 12.5. The van der Waals surface area contributed by atoms with Gasteiger partial charge in [0.2, 0.25) is 0 Å². The number of amides is 2. The first-order chi connectivity index (χ1) is 16.6. The van der Waals surface area contributed by atoms with Gasteiger partial charge in [-0.05, 0) is 60.0 Å². The van der Waals surface area contributed by atoms with Crippen molar-refractivity contribution >= 4 is 17.5 Å². The molecule has 0 spiro atoms. The van der Waals surface area contributed by atoms with Crippen molar-refractivity contribution in [3.8, 4) is 16.9 Å². The molecule has 1 unspecified atom stereocenters. The zero-order chi connectivity index (χ0) is 23.8. The van der Waals surface area contributed by atoms with Crippen molar-refractivity contribution in [1.29, 1.82) is 0 Å². The van der Waals surface area contributed by atoms with Crippen LogP contribution in [0.25, 0.3) is 11.1 Å². The maximum Gasteiger partial charge on any atom is 0.262 e. The van der Waals surface area contributed by atoms with Crippen LogP contribution in [-0.2, 0) is 4.79 Å². The third-order valence-electron chi connectivity index (χ3n) is 5.41. The van der Waals surface area contributed by atoms with Crippen LogP contribution >= 0.6 is 0 Å². The van der Waals surface area contributed by atoms with E-state index in [0.717, 1.165) is 16.7 Å². The Hall–Kier alpha value is -4.38. The number of nitrogens with one attached hydrogen (secondary N) is 2. The van der Waals surface area contributed by atoms with E-state index in [9.17, 15) is 9.59 Å². The SMILES string of the molecule is CC(NC(=O)c1ccc(NC(=O)COc2ccc(-c3ccccc3)cc2)cc1)c1ccccc1. The highest BCUT2D eigenvalue weighted by molar-refractivity contribution is 5.96. The summed E-state index contributed by atoms with van der Waals surface area (Å²) in [6.45, 7) is 1.83. The van der Waals surface area contributed by atoms with Crippen LogP contribution in [0.4, 0.5) is 5.69 Å². The molecular weight excluding hydrogens is 424 g/mol. The highest BCUT2D eigenvalue weighted by Gasteiger charge is 2.12. The van der Waals surface area contributed by atoms with Gasteiger partial charge in [0.1, 0.15) is 5.75 Å². The third-order valence-corrected chi connectivity index (χ3v) is 5.41.